The Morgan fingerprint density at radius 3 is 2.76 bits per heavy atom. The minimum Gasteiger partial charge on any atom is -0.477 e. The Kier molecular flexibility index (Phi) is 6.03. The molecular formula is C17H25NO3. The van der Waals surface area contributed by atoms with Crippen molar-refractivity contribution in [3.05, 3.63) is 22.9 Å². The second kappa shape index (κ2) is 8.01. The zero-order chi connectivity index (χ0) is 15.1. The van der Waals surface area contributed by atoms with Crippen LogP contribution in [0.2, 0.25) is 0 Å². The lowest BCUT2D eigenvalue weighted by molar-refractivity contribution is 0.0691. The fourth-order valence-corrected chi connectivity index (χ4v) is 2.77. The lowest BCUT2D eigenvalue weighted by Crippen LogP contribution is -2.08. The summed E-state index contributed by atoms with van der Waals surface area (Å²) in [5.74, 6) is -0.646. The van der Waals surface area contributed by atoms with E-state index in [1.165, 1.54) is 25.7 Å². The lowest BCUT2D eigenvalue weighted by Gasteiger charge is -2.10. The third kappa shape index (κ3) is 4.45. The summed E-state index contributed by atoms with van der Waals surface area (Å²) >= 11 is 0. The van der Waals surface area contributed by atoms with Crippen LogP contribution in [0.25, 0.3) is 0 Å². The second-order valence-electron chi connectivity index (χ2n) is 5.72. The van der Waals surface area contributed by atoms with Crippen molar-refractivity contribution in [3.63, 3.8) is 0 Å². The number of fused-ring (bicyclic) bond motifs is 1. The maximum absolute atomic E-state index is 11.3. The summed E-state index contributed by atoms with van der Waals surface area (Å²) in [6.45, 7) is 2.76. The van der Waals surface area contributed by atoms with Gasteiger partial charge in [-0.2, -0.15) is 0 Å². The first-order valence-electron chi connectivity index (χ1n) is 8.11. The molecule has 0 amide bonds. The van der Waals surface area contributed by atoms with Crippen molar-refractivity contribution < 1.29 is 14.6 Å². The van der Waals surface area contributed by atoms with Crippen LogP contribution in [0.4, 0.5) is 0 Å². The molecule has 1 aliphatic carbocycles. The van der Waals surface area contributed by atoms with Gasteiger partial charge >= 0.3 is 5.97 Å². The van der Waals surface area contributed by atoms with Gasteiger partial charge in [0.15, 0.2) is 0 Å². The van der Waals surface area contributed by atoms with E-state index < -0.39 is 5.97 Å². The molecule has 1 N–H and O–H groups in total. The molecule has 0 aliphatic heterocycles. The zero-order valence-electron chi connectivity index (χ0n) is 12.9. The van der Waals surface area contributed by atoms with Crippen LogP contribution < -0.4 is 4.74 Å². The summed E-state index contributed by atoms with van der Waals surface area (Å²) in [5, 5.41) is 9.28. The van der Waals surface area contributed by atoms with Gasteiger partial charge in [-0.25, -0.2) is 9.78 Å². The van der Waals surface area contributed by atoms with Gasteiger partial charge in [-0.3, -0.25) is 0 Å². The Hall–Kier alpha value is -1.58. The van der Waals surface area contributed by atoms with Crippen LogP contribution in [0.15, 0.2) is 6.07 Å². The van der Waals surface area contributed by atoms with Crippen molar-refractivity contribution in [2.75, 3.05) is 6.61 Å². The average Bonchev–Trinajstić information content (AvgIpc) is 2.92. The smallest absolute Gasteiger partial charge is 0.341 e. The predicted molar refractivity (Wildman–Crippen MR) is 82.1 cm³/mol. The SMILES string of the molecule is CCCCCCCCOc1nc2c(cc1C(=O)O)CCC2. The van der Waals surface area contributed by atoms with E-state index in [-0.39, 0.29) is 5.56 Å². The summed E-state index contributed by atoms with van der Waals surface area (Å²) in [6, 6.07) is 1.74. The number of carbonyl (C=O) groups is 1. The van der Waals surface area contributed by atoms with E-state index in [9.17, 15) is 9.90 Å². The van der Waals surface area contributed by atoms with Crippen molar-refractivity contribution in [2.45, 2.75) is 64.7 Å². The van der Waals surface area contributed by atoms with Crippen LogP contribution in [0, 0.1) is 0 Å². The number of hydrogen-bond donors (Lipinski definition) is 1. The normalized spacial score (nSPS) is 13.2. The second-order valence-corrected chi connectivity index (χ2v) is 5.72. The summed E-state index contributed by atoms with van der Waals surface area (Å²) in [7, 11) is 0. The van der Waals surface area contributed by atoms with Crippen molar-refractivity contribution in [2.24, 2.45) is 0 Å². The van der Waals surface area contributed by atoms with Crippen molar-refractivity contribution in [3.8, 4) is 5.88 Å². The van der Waals surface area contributed by atoms with E-state index in [1.54, 1.807) is 6.07 Å². The van der Waals surface area contributed by atoms with Crippen LogP contribution in [0.3, 0.4) is 0 Å². The van der Waals surface area contributed by atoms with E-state index in [4.69, 9.17) is 4.74 Å². The number of nitrogens with zero attached hydrogens (tertiary/aromatic N) is 1. The molecule has 1 heterocycles. The first kappa shape index (κ1) is 15.8. The predicted octanol–water partition coefficient (Wildman–Crippen LogP) is 4.01. The van der Waals surface area contributed by atoms with Gasteiger partial charge in [0.1, 0.15) is 5.56 Å². The molecule has 1 aliphatic rings. The van der Waals surface area contributed by atoms with Crippen molar-refractivity contribution >= 4 is 5.97 Å². The molecule has 0 fully saturated rings. The molecule has 2 rings (SSSR count). The van der Waals surface area contributed by atoms with Crippen LogP contribution in [0.1, 0.15) is 73.5 Å². The Morgan fingerprint density at radius 2 is 2.00 bits per heavy atom. The molecule has 0 saturated carbocycles. The molecular weight excluding hydrogens is 266 g/mol. The molecule has 4 heteroatoms. The van der Waals surface area contributed by atoms with Gasteiger partial charge in [-0.1, -0.05) is 39.0 Å². The maximum Gasteiger partial charge on any atom is 0.341 e. The number of aryl methyl sites for hydroxylation is 2. The topological polar surface area (TPSA) is 59.4 Å². The van der Waals surface area contributed by atoms with Gasteiger partial charge in [0.25, 0.3) is 0 Å². The van der Waals surface area contributed by atoms with Crippen molar-refractivity contribution in [1.82, 2.24) is 4.98 Å². The highest BCUT2D eigenvalue weighted by Crippen LogP contribution is 2.26. The van der Waals surface area contributed by atoms with Gasteiger partial charge < -0.3 is 9.84 Å². The minimum atomic E-state index is -0.949. The quantitative estimate of drug-likeness (QED) is 0.698. The summed E-state index contributed by atoms with van der Waals surface area (Å²) in [4.78, 5) is 15.7. The summed E-state index contributed by atoms with van der Waals surface area (Å²) in [6.07, 6.45) is 10.0. The number of carboxylic acids is 1. The molecule has 0 spiro atoms. The van der Waals surface area contributed by atoms with Crippen LogP contribution >= 0.6 is 0 Å². The molecule has 21 heavy (non-hydrogen) atoms. The number of ether oxygens (including phenoxy) is 1. The number of unbranched alkanes of at least 4 members (excludes halogenated alkanes) is 5. The molecule has 0 saturated heterocycles. The molecule has 0 atom stereocenters. The van der Waals surface area contributed by atoms with Gasteiger partial charge in [0.05, 0.1) is 6.61 Å². The highest BCUT2D eigenvalue weighted by atomic mass is 16.5. The van der Waals surface area contributed by atoms with Crippen molar-refractivity contribution in [1.29, 1.82) is 0 Å². The highest BCUT2D eigenvalue weighted by molar-refractivity contribution is 5.90. The molecule has 116 valence electrons. The van der Waals surface area contributed by atoms with Gasteiger partial charge in [-0.15, -0.1) is 0 Å². The first-order chi connectivity index (χ1) is 10.2. The Balaban J connectivity index is 1.86. The lowest BCUT2D eigenvalue weighted by atomic mass is 10.1. The molecule has 1 aromatic rings. The van der Waals surface area contributed by atoms with E-state index in [2.05, 4.69) is 11.9 Å². The van der Waals surface area contributed by atoms with Gasteiger partial charge in [0.2, 0.25) is 5.88 Å². The standard InChI is InChI=1S/C17H25NO3/c1-2-3-4-5-6-7-11-21-16-14(17(19)20)12-13-9-8-10-15(13)18-16/h12H,2-11H2,1H3,(H,19,20). The third-order valence-electron chi connectivity index (χ3n) is 3.98. The van der Waals surface area contributed by atoms with Crippen LogP contribution in [-0.2, 0) is 12.8 Å². The van der Waals surface area contributed by atoms with E-state index in [1.807, 2.05) is 0 Å². The maximum atomic E-state index is 11.3. The molecule has 0 unspecified atom stereocenters. The first-order valence-corrected chi connectivity index (χ1v) is 8.11. The number of aromatic nitrogens is 1. The van der Waals surface area contributed by atoms with E-state index in [0.29, 0.717) is 12.5 Å². The van der Waals surface area contributed by atoms with Gasteiger partial charge in [0, 0.05) is 5.69 Å². The van der Waals surface area contributed by atoms with E-state index >= 15 is 0 Å². The average molecular weight is 291 g/mol. The fraction of sp³-hybridized carbons (Fsp3) is 0.647. The Morgan fingerprint density at radius 1 is 1.24 bits per heavy atom. The number of aromatic carboxylic acids is 1. The number of rotatable bonds is 9. The number of pyridine rings is 1. The third-order valence-corrected chi connectivity index (χ3v) is 3.98. The molecule has 0 bridgehead atoms. The van der Waals surface area contributed by atoms with Crippen LogP contribution in [-0.4, -0.2) is 22.7 Å². The molecule has 0 aromatic carbocycles. The molecule has 4 nitrogen and oxygen atoms in total. The van der Waals surface area contributed by atoms with Gasteiger partial charge in [-0.05, 0) is 37.3 Å². The van der Waals surface area contributed by atoms with E-state index in [0.717, 1.165) is 43.4 Å². The monoisotopic (exact) mass is 291 g/mol. The number of carboxylic acid groups (broad SMARTS) is 1. The number of hydrogen-bond acceptors (Lipinski definition) is 3. The summed E-state index contributed by atoms with van der Waals surface area (Å²) < 4.78 is 5.64. The fourth-order valence-electron chi connectivity index (χ4n) is 2.77. The molecule has 1 aromatic heterocycles. The van der Waals surface area contributed by atoms with Crippen LogP contribution in [0.5, 0.6) is 5.88 Å². The zero-order valence-corrected chi connectivity index (χ0v) is 12.9. The largest absolute Gasteiger partial charge is 0.477 e. The molecule has 0 radical (unpaired) electrons. The Bertz CT molecular complexity index is 485. The minimum absolute atomic E-state index is 0.210. The highest BCUT2D eigenvalue weighted by Gasteiger charge is 2.20. The Labute approximate surface area is 126 Å². The summed E-state index contributed by atoms with van der Waals surface area (Å²) in [5.41, 5.74) is 2.29.